The summed E-state index contributed by atoms with van der Waals surface area (Å²) in [5.74, 6) is -0.0654. The maximum Gasteiger partial charge on any atom is 0.322 e. The molecular formula is C13H15N5O2. The highest BCUT2D eigenvalue weighted by molar-refractivity contribution is 5.72. The van der Waals surface area contributed by atoms with E-state index >= 15 is 0 Å². The highest BCUT2D eigenvalue weighted by Crippen LogP contribution is 2.20. The Balaban J connectivity index is 2.33. The van der Waals surface area contributed by atoms with Crippen molar-refractivity contribution >= 4 is 17.7 Å². The fourth-order valence-electron chi connectivity index (χ4n) is 1.61. The van der Waals surface area contributed by atoms with E-state index in [4.69, 9.17) is 5.11 Å². The van der Waals surface area contributed by atoms with Crippen LogP contribution >= 0.6 is 0 Å². The van der Waals surface area contributed by atoms with Crippen LogP contribution in [0.1, 0.15) is 6.92 Å². The zero-order valence-electron chi connectivity index (χ0n) is 11.0. The summed E-state index contributed by atoms with van der Waals surface area (Å²) in [6, 6.07) is 5.49. The second kappa shape index (κ2) is 6.46. The minimum atomic E-state index is -0.967. The summed E-state index contributed by atoms with van der Waals surface area (Å²) in [5.41, 5.74) is 1.52. The SMILES string of the molecule is CCNc1cc(-c2cccnc2)nc(NCC(=O)O)n1. The first-order valence-electron chi connectivity index (χ1n) is 6.18. The largest absolute Gasteiger partial charge is 0.480 e. The van der Waals surface area contributed by atoms with Gasteiger partial charge in [-0.1, -0.05) is 0 Å². The van der Waals surface area contributed by atoms with Gasteiger partial charge in [0.2, 0.25) is 5.95 Å². The van der Waals surface area contributed by atoms with E-state index < -0.39 is 5.97 Å². The molecule has 0 aliphatic carbocycles. The molecule has 7 heteroatoms. The average molecular weight is 273 g/mol. The molecule has 0 aliphatic heterocycles. The van der Waals surface area contributed by atoms with E-state index in [9.17, 15) is 4.79 Å². The summed E-state index contributed by atoms with van der Waals surface area (Å²) in [6.45, 7) is 2.43. The van der Waals surface area contributed by atoms with E-state index in [1.165, 1.54) is 0 Å². The molecule has 0 aromatic carbocycles. The Kier molecular flexibility index (Phi) is 4.43. The Hall–Kier alpha value is -2.70. The second-order valence-electron chi connectivity index (χ2n) is 3.98. The maximum atomic E-state index is 10.6. The van der Waals surface area contributed by atoms with Gasteiger partial charge in [-0.05, 0) is 19.1 Å². The third-order valence-electron chi connectivity index (χ3n) is 2.44. The molecule has 2 aromatic heterocycles. The summed E-state index contributed by atoms with van der Waals surface area (Å²) in [5, 5.41) is 14.4. The molecule has 0 radical (unpaired) electrons. The maximum absolute atomic E-state index is 10.6. The van der Waals surface area contributed by atoms with Crippen molar-refractivity contribution in [3.8, 4) is 11.3 Å². The molecule has 0 unspecified atom stereocenters. The molecule has 0 bridgehead atoms. The van der Waals surface area contributed by atoms with Gasteiger partial charge in [-0.3, -0.25) is 9.78 Å². The summed E-state index contributed by atoms with van der Waals surface area (Å²) in [6.07, 6.45) is 3.37. The molecule has 2 aromatic rings. The molecular weight excluding hydrogens is 258 g/mol. The summed E-state index contributed by atoms with van der Waals surface area (Å²) < 4.78 is 0. The Bertz CT molecular complexity index is 589. The number of pyridine rings is 1. The number of carbonyl (C=O) groups is 1. The van der Waals surface area contributed by atoms with Gasteiger partial charge in [0.25, 0.3) is 0 Å². The predicted molar refractivity (Wildman–Crippen MR) is 75.6 cm³/mol. The minimum Gasteiger partial charge on any atom is -0.480 e. The number of hydrogen-bond acceptors (Lipinski definition) is 6. The first-order valence-corrected chi connectivity index (χ1v) is 6.18. The van der Waals surface area contributed by atoms with Crippen molar-refractivity contribution in [1.82, 2.24) is 15.0 Å². The molecule has 0 spiro atoms. The molecule has 104 valence electrons. The number of nitrogens with one attached hydrogen (secondary N) is 2. The Morgan fingerprint density at radius 1 is 1.35 bits per heavy atom. The second-order valence-corrected chi connectivity index (χ2v) is 3.98. The number of hydrogen-bond donors (Lipinski definition) is 3. The van der Waals surface area contributed by atoms with Gasteiger partial charge in [-0.25, -0.2) is 4.98 Å². The normalized spacial score (nSPS) is 10.1. The van der Waals surface area contributed by atoms with Crippen LogP contribution in [0.5, 0.6) is 0 Å². The molecule has 20 heavy (non-hydrogen) atoms. The van der Waals surface area contributed by atoms with Crippen LogP contribution in [0.25, 0.3) is 11.3 Å². The number of aliphatic carboxylic acids is 1. The molecule has 7 nitrogen and oxygen atoms in total. The first-order chi connectivity index (χ1) is 9.69. The molecule has 0 saturated heterocycles. The zero-order chi connectivity index (χ0) is 14.4. The molecule has 2 rings (SSSR count). The minimum absolute atomic E-state index is 0.234. The molecule has 0 atom stereocenters. The van der Waals surface area contributed by atoms with Crippen molar-refractivity contribution in [3.05, 3.63) is 30.6 Å². The summed E-state index contributed by atoms with van der Waals surface area (Å²) >= 11 is 0. The van der Waals surface area contributed by atoms with Crippen LogP contribution in [-0.4, -0.2) is 39.1 Å². The van der Waals surface area contributed by atoms with Gasteiger partial charge in [0.1, 0.15) is 12.4 Å². The van der Waals surface area contributed by atoms with Crippen molar-refractivity contribution in [2.75, 3.05) is 23.7 Å². The number of anilines is 2. The fourth-order valence-corrected chi connectivity index (χ4v) is 1.61. The van der Waals surface area contributed by atoms with Gasteiger partial charge in [0, 0.05) is 30.6 Å². The van der Waals surface area contributed by atoms with Crippen molar-refractivity contribution < 1.29 is 9.90 Å². The Morgan fingerprint density at radius 3 is 2.85 bits per heavy atom. The lowest BCUT2D eigenvalue weighted by molar-refractivity contribution is -0.134. The Labute approximate surface area is 116 Å². The molecule has 0 fully saturated rings. The van der Waals surface area contributed by atoms with Crippen LogP contribution in [0.4, 0.5) is 11.8 Å². The lowest BCUT2D eigenvalue weighted by atomic mass is 10.2. The van der Waals surface area contributed by atoms with Crippen LogP contribution in [-0.2, 0) is 4.79 Å². The lowest BCUT2D eigenvalue weighted by Gasteiger charge is -2.09. The number of nitrogens with zero attached hydrogens (tertiary/aromatic N) is 3. The number of carboxylic acids is 1. The highest BCUT2D eigenvalue weighted by Gasteiger charge is 2.07. The van der Waals surface area contributed by atoms with E-state index in [2.05, 4.69) is 25.6 Å². The molecule has 2 heterocycles. The van der Waals surface area contributed by atoms with E-state index in [1.807, 2.05) is 19.1 Å². The molecule has 3 N–H and O–H groups in total. The standard InChI is InChI=1S/C13H15N5O2/c1-2-15-11-6-10(9-4-3-5-14-7-9)17-13(18-11)16-8-12(19)20/h3-7H,2,8H2,1H3,(H,19,20)(H2,15,16,17,18). The number of rotatable bonds is 6. The van der Waals surface area contributed by atoms with Crippen LogP contribution in [0.2, 0.25) is 0 Å². The van der Waals surface area contributed by atoms with Crippen molar-refractivity contribution in [2.45, 2.75) is 6.92 Å². The van der Waals surface area contributed by atoms with Crippen LogP contribution in [0.15, 0.2) is 30.6 Å². The first kappa shape index (κ1) is 13.7. The van der Waals surface area contributed by atoms with Crippen molar-refractivity contribution in [1.29, 1.82) is 0 Å². The summed E-state index contributed by atoms with van der Waals surface area (Å²) in [7, 11) is 0. The van der Waals surface area contributed by atoms with E-state index in [-0.39, 0.29) is 12.5 Å². The quantitative estimate of drug-likeness (QED) is 0.732. The van der Waals surface area contributed by atoms with Crippen LogP contribution in [0, 0.1) is 0 Å². The van der Waals surface area contributed by atoms with Gasteiger partial charge in [0.15, 0.2) is 0 Å². The topological polar surface area (TPSA) is 100 Å². The fraction of sp³-hybridized carbons (Fsp3) is 0.231. The molecule has 0 amide bonds. The zero-order valence-corrected chi connectivity index (χ0v) is 11.0. The van der Waals surface area contributed by atoms with Crippen LogP contribution < -0.4 is 10.6 Å². The third-order valence-corrected chi connectivity index (χ3v) is 2.44. The van der Waals surface area contributed by atoms with Gasteiger partial charge in [-0.2, -0.15) is 4.98 Å². The third kappa shape index (κ3) is 3.64. The van der Waals surface area contributed by atoms with Crippen molar-refractivity contribution in [2.24, 2.45) is 0 Å². The van der Waals surface area contributed by atoms with Gasteiger partial charge in [0.05, 0.1) is 5.69 Å². The predicted octanol–water partition coefficient (Wildman–Crippen LogP) is 1.47. The van der Waals surface area contributed by atoms with Gasteiger partial charge < -0.3 is 15.7 Å². The van der Waals surface area contributed by atoms with E-state index in [0.29, 0.717) is 18.1 Å². The molecule has 0 saturated carbocycles. The van der Waals surface area contributed by atoms with Crippen LogP contribution in [0.3, 0.4) is 0 Å². The van der Waals surface area contributed by atoms with Gasteiger partial charge in [-0.15, -0.1) is 0 Å². The monoisotopic (exact) mass is 273 g/mol. The average Bonchev–Trinajstić information content (AvgIpc) is 2.46. The summed E-state index contributed by atoms with van der Waals surface area (Å²) in [4.78, 5) is 23.1. The smallest absolute Gasteiger partial charge is 0.322 e. The molecule has 0 aliphatic rings. The van der Waals surface area contributed by atoms with Gasteiger partial charge >= 0.3 is 5.97 Å². The van der Waals surface area contributed by atoms with Crippen molar-refractivity contribution in [3.63, 3.8) is 0 Å². The highest BCUT2D eigenvalue weighted by atomic mass is 16.4. The number of aromatic nitrogens is 3. The van der Waals surface area contributed by atoms with E-state index in [1.54, 1.807) is 18.5 Å². The lowest BCUT2D eigenvalue weighted by Crippen LogP contribution is -2.15. The Morgan fingerprint density at radius 2 is 2.20 bits per heavy atom. The number of carboxylic acid groups (broad SMARTS) is 1. The van der Waals surface area contributed by atoms with E-state index in [0.717, 1.165) is 5.56 Å².